The summed E-state index contributed by atoms with van der Waals surface area (Å²) in [4.78, 5) is 12.3. The van der Waals surface area contributed by atoms with E-state index < -0.39 is 11.8 Å². The largest absolute Gasteiger partial charge is 0.426 e. The number of nitrogens with zero attached hydrogens (tertiary/aromatic N) is 3. The Hall–Kier alpha value is -2.36. The molecular weight excluding hydrogens is 425 g/mol. The highest BCUT2D eigenvalue weighted by Gasteiger charge is 2.62. The number of hydrogen-bond donors (Lipinski definition) is 1. The van der Waals surface area contributed by atoms with Gasteiger partial charge >= 0.3 is 6.18 Å². The van der Waals surface area contributed by atoms with Gasteiger partial charge in [0.1, 0.15) is 5.82 Å². The summed E-state index contributed by atoms with van der Waals surface area (Å²) in [7, 11) is 0. The van der Waals surface area contributed by atoms with Crippen molar-refractivity contribution < 1.29 is 17.9 Å². The van der Waals surface area contributed by atoms with Crippen LogP contribution in [0.2, 0.25) is 5.02 Å². The molecule has 1 aromatic carbocycles. The fourth-order valence-electron chi connectivity index (χ4n) is 3.21. The third kappa shape index (κ3) is 3.43. The molecule has 3 aromatic rings. The summed E-state index contributed by atoms with van der Waals surface area (Å²) in [6, 6.07) is 9.19. The van der Waals surface area contributed by atoms with Crippen molar-refractivity contribution in [3.05, 3.63) is 70.6 Å². The third-order valence-electron chi connectivity index (χ3n) is 4.50. The first-order chi connectivity index (χ1) is 13.8. The second-order valence-corrected chi connectivity index (χ2v) is 7.43. The predicted octanol–water partition coefficient (Wildman–Crippen LogP) is 5.33. The molecule has 0 fully saturated rings. The van der Waals surface area contributed by atoms with Gasteiger partial charge in [0.25, 0.3) is 0 Å². The first-order valence-electron chi connectivity index (χ1n) is 8.44. The molecule has 0 saturated carbocycles. The highest BCUT2D eigenvalue weighted by Crippen LogP contribution is 2.55. The highest BCUT2D eigenvalue weighted by atomic mass is 35.5. The molecule has 5 nitrogen and oxygen atoms in total. The van der Waals surface area contributed by atoms with Crippen LogP contribution in [-0.2, 0) is 16.9 Å². The van der Waals surface area contributed by atoms with Gasteiger partial charge in [0.05, 0.1) is 17.9 Å². The molecule has 0 radical (unpaired) electrons. The monoisotopic (exact) mass is 438 g/mol. The lowest BCUT2D eigenvalue weighted by molar-refractivity contribution is -0.271. The number of nitrogens with one attached hydrogen (secondary N) is 1. The van der Waals surface area contributed by atoms with Gasteiger partial charge in [0.2, 0.25) is 5.60 Å². The van der Waals surface area contributed by atoms with E-state index in [2.05, 4.69) is 20.3 Å². The predicted molar refractivity (Wildman–Crippen MR) is 104 cm³/mol. The molecule has 1 aliphatic rings. The summed E-state index contributed by atoms with van der Waals surface area (Å²) < 4.78 is 49.7. The highest BCUT2D eigenvalue weighted by molar-refractivity contribution is 7.98. The van der Waals surface area contributed by atoms with Crippen LogP contribution < -0.4 is 5.32 Å². The van der Waals surface area contributed by atoms with Crippen LogP contribution >= 0.6 is 23.4 Å². The lowest BCUT2D eigenvalue weighted by Gasteiger charge is -2.41. The fourth-order valence-corrected chi connectivity index (χ4v) is 3.73. The average Bonchev–Trinajstić information content (AvgIpc) is 2.71. The standard InChI is InChI=1S/C19H14ClF3N4OS/c1-29-17-25-9-14-16(27-17)26-15-6-5-11(20)8-13(15)18(14,19(21,22)23)28-10-12-4-2-3-7-24-12/h2-9H,10H2,1H3,(H,25,26,27). The molecule has 0 aliphatic carbocycles. The Morgan fingerprint density at radius 1 is 1.17 bits per heavy atom. The van der Waals surface area contributed by atoms with Crippen molar-refractivity contribution in [2.75, 3.05) is 11.6 Å². The third-order valence-corrected chi connectivity index (χ3v) is 5.30. The Kier molecular flexibility index (Phi) is 5.14. The molecule has 1 aliphatic heterocycles. The molecule has 0 spiro atoms. The number of benzene rings is 1. The number of halogens is 4. The molecule has 1 atom stereocenters. The van der Waals surface area contributed by atoms with Crippen LogP contribution in [0.15, 0.2) is 53.9 Å². The molecule has 29 heavy (non-hydrogen) atoms. The van der Waals surface area contributed by atoms with E-state index in [4.69, 9.17) is 16.3 Å². The van der Waals surface area contributed by atoms with Gasteiger partial charge < -0.3 is 10.1 Å². The second kappa shape index (κ2) is 7.47. The number of aromatic nitrogens is 3. The van der Waals surface area contributed by atoms with E-state index >= 15 is 0 Å². The van der Waals surface area contributed by atoms with E-state index in [1.807, 2.05) is 0 Å². The quantitative estimate of drug-likeness (QED) is 0.439. The number of fused-ring (bicyclic) bond motifs is 2. The van der Waals surface area contributed by atoms with Crippen LogP contribution in [0.25, 0.3) is 0 Å². The number of thioether (sulfide) groups is 1. The molecule has 2 aromatic heterocycles. The summed E-state index contributed by atoms with van der Waals surface area (Å²) in [5.74, 6) is 0.0394. The number of ether oxygens (including phenoxy) is 1. The van der Waals surface area contributed by atoms with Crippen molar-refractivity contribution in [3.8, 4) is 0 Å². The minimum absolute atomic E-state index is 0.0394. The maximum atomic E-state index is 14.7. The van der Waals surface area contributed by atoms with E-state index in [0.717, 1.165) is 6.20 Å². The Morgan fingerprint density at radius 2 is 2.00 bits per heavy atom. The zero-order valence-corrected chi connectivity index (χ0v) is 16.6. The van der Waals surface area contributed by atoms with Crippen LogP contribution in [0.1, 0.15) is 16.8 Å². The van der Waals surface area contributed by atoms with Crippen molar-refractivity contribution in [1.29, 1.82) is 0 Å². The molecule has 1 N–H and O–H groups in total. The van der Waals surface area contributed by atoms with Crippen molar-refractivity contribution in [2.45, 2.75) is 23.5 Å². The van der Waals surface area contributed by atoms with Crippen LogP contribution in [0.4, 0.5) is 24.7 Å². The second-order valence-electron chi connectivity index (χ2n) is 6.22. The van der Waals surface area contributed by atoms with E-state index in [9.17, 15) is 13.2 Å². The Morgan fingerprint density at radius 3 is 2.69 bits per heavy atom. The van der Waals surface area contributed by atoms with E-state index in [-0.39, 0.29) is 34.3 Å². The van der Waals surface area contributed by atoms with Gasteiger partial charge in [-0.05, 0) is 36.6 Å². The zero-order chi connectivity index (χ0) is 20.6. The topological polar surface area (TPSA) is 59.9 Å². The molecule has 1 unspecified atom stereocenters. The molecule has 150 valence electrons. The summed E-state index contributed by atoms with van der Waals surface area (Å²) in [5.41, 5.74) is -2.61. The number of hydrogen-bond acceptors (Lipinski definition) is 6. The lowest BCUT2D eigenvalue weighted by atomic mass is 9.82. The number of anilines is 2. The smallest absolute Gasteiger partial charge is 0.350 e. The van der Waals surface area contributed by atoms with Crippen molar-refractivity contribution in [3.63, 3.8) is 0 Å². The molecule has 3 heterocycles. The molecule has 0 saturated heterocycles. The van der Waals surface area contributed by atoms with Crippen molar-refractivity contribution in [1.82, 2.24) is 15.0 Å². The van der Waals surface area contributed by atoms with E-state index in [1.165, 1.54) is 36.2 Å². The van der Waals surface area contributed by atoms with Gasteiger partial charge in [-0.1, -0.05) is 29.4 Å². The minimum atomic E-state index is -4.82. The Bertz CT molecular complexity index is 1050. The van der Waals surface area contributed by atoms with Gasteiger partial charge in [-0.3, -0.25) is 4.98 Å². The van der Waals surface area contributed by atoms with Crippen molar-refractivity contribution in [2.24, 2.45) is 0 Å². The first-order valence-corrected chi connectivity index (χ1v) is 10.0. The van der Waals surface area contributed by atoms with Crippen molar-refractivity contribution >= 4 is 34.9 Å². The summed E-state index contributed by atoms with van der Waals surface area (Å²) in [6.07, 6.45) is -0.430. The maximum Gasteiger partial charge on any atom is 0.426 e. The molecule has 4 rings (SSSR count). The van der Waals surface area contributed by atoms with Gasteiger partial charge in [0, 0.05) is 28.7 Å². The number of rotatable bonds is 4. The van der Waals surface area contributed by atoms with Gasteiger partial charge in [-0.15, -0.1) is 0 Å². The summed E-state index contributed by atoms with van der Waals surface area (Å²) in [5, 5.41) is 3.45. The first kappa shape index (κ1) is 19.9. The van der Waals surface area contributed by atoms with Gasteiger partial charge in [0.15, 0.2) is 5.16 Å². The van der Waals surface area contributed by atoms with Gasteiger partial charge in [-0.25, -0.2) is 9.97 Å². The Balaban J connectivity index is 1.94. The summed E-state index contributed by atoms with van der Waals surface area (Å²) >= 11 is 7.28. The summed E-state index contributed by atoms with van der Waals surface area (Å²) in [6.45, 7) is -0.365. The number of pyridine rings is 1. The minimum Gasteiger partial charge on any atom is -0.350 e. The lowest BCUT2D eigenvalue weighted by Crippen LogP contribution is -2.48. The van der Waals surface area contributed by atoms with Crippen LogP contribution in [0, 0.1) is 0 Å². The van der Waals surface area contributed by atoms with Crippen LogP contribution in [0.5, 0.6) is 0 Å². The van der Waals surface area contributed by atoms with Gasteiger partial charge in [-0.2, -0.15) is 13.2 Å². The maximum absolute atomic E-state index is 14.7. The van der Waals surface area contributed by atoms with E-state index in [0.29, 0.717) is 10.9 Å². The Labute approximate surface area is 173 Å². The van der Waals surface area contributed by atoms with Crippen LogP contribution in [-0.4, -0.2) is 27.4 Å². The zero-order valence-electron chi connectivity index (χ0n) is 15.0. The van der Waals surface area contributed by atoms with E-state index in [1.54, 1.807) is 24.5 Å². The normalized spacial score (nSPS) is 18.0. The molecular formula is C19H14ClF3N4OS. The van der Waals surface area contributed by atoms with Crippen LogP contribution in [0.3, 0.4) is 0 Å². The fraction of sp³-hybridized carbons (Fsp3) is 0.211. The SMILES string of the molecule is CSc1ncc2c(n1)Nc1ccc(Cl)cc1C2(OCc1ccccn1)C(F)(F)F. The molecule has 0 bridgehead atoms. The average molecular weight is 439 g/mol. The number of alkyl halides is 3. The molecule has 0 amide bonds. The molecule has 10 heteroatoms.